The van der Waals surface area contributed by atoms with Gasteiger partial charge in [-0.1, -0.05) is 72.8 Å². The van der Waals surface area contributed by atoms with E-state index in [4.69, 9.17) is 0 Å². The molecule has 0 saturated heterocycles. The molecule has 4 aromatic rings. The van der Waals surface area contributed by atoms with Crippen LogP contribution in [-0.4, -0.2) is 27.6 Å². The minimum atomic E-state index is 0.821. The number of rotatable bonds is 3. The Morgan fingerprint density at radius 1 is 0.593 bits per heavy atom. The van der Waals surface area contributed by atoms with Crippen molar-refractivity contribution in [3.05, 3.63) is 84.9 Å². The van der Waals surface area contributed by atoms with E-state index in [-0.39, 0.29) is 0 Å². The van der Waals surface area contributed by atoms with Crippen LogP contribution in [0, 0.1) is 0 Å². The summed E-state index contributed by atoms with van der Waals surface area (Å²) < 4.78 is 0. The van der Waals surface area contributed by atoms with Crippen LogP contribution >= 0.6 is 0 Å². The first-order valence-corrected chi connectivity index (χ1v) is 8.93. The largest absolute Gasteiger partial charge is 0.377 e. The second kappa shape index (κ2) is 8.37. The third kappa shape index (κ3) is 4.09. The fraction of sp³-hybridized carbons (Fsp3) is 0.125. The zero-order valence-electron chi connectivity index (χ0n) is 16.0. The number of amides is 1. The smallest absolute Gasteiger partial charge is 0.213 e. The van der Waals surface area contributed by atoms with Crippen LogP contribution < -0.4 is 9.80 Å². The Morgan fingerprint density at radius 3 is 1.56 bits per heavy atom. The van der Waals surface area contributed by atoms with Crippen molar-refractivity contribution in [1.29, 1.82) is 0 Å². The maximum Gasteiger partial charge on any atom is 0.213 e. The third-order valence-corrected chi connectivity index (χ3v) is 4.55. The highest BCUT2D eigenvalue weighted by molar-refractivity contribution is 5.98. The minimum absolute atomic E-state index is 0.821. The van der Waals surface area contributed by atoms with E-state index in [9.17, 15) is 4.79 Å². The Hall–Kier alpha value is -3.33. The van der Waals surface area contributed by atoms with Crippen LogP contribution in [0.2, 0.25) is 0 Å². The molecular formula is C24H24N2O. The van der Waals surface area contributed by atoms with Crippen LogP contribution in [0.25, 0.3) is 21.5 Å². The van der Waals surface area contributed by atoms with Crippen molar-refractivity contribution < 1.29 is 4.79 Å². The number of nitrogens with zero attached hydrogens (tertiary/aromatic N) is 2. The lowest BCUT2D eigenvalue weighted by atomic mass is 10.1. The summed E-state index contributed by atoms with van der Waals surface area (Å²) in [6, 6.07) is 28.8. The molecule has 0 unspecified atom stereocenters. The normalized spacial score (nSPS) is 10.2. The molecule has 3 heteroatoms. The molecule has 0 radical (unpaired) electrons. The summed E-state index contributed by atoms with van der Waals surface area (Å²) in [6.07, 6.45) is 0.821. The molecule has 0 atom stereocenters. The lowest BCUT2D eigenvalue weighted by Gasteiger charge is -2.14. The molecule has 0 N–H and O–H groups in total. The number of anilines is 2. The van der Waals surface area contributed by atoms with Crippen molar-refractivity contribution in [2.24, 2.45) is 0 Å². The second-order valence-electron chi connectivity index (χ2n) is 6.61. The summed E-state index contributed by atoms with van der Waals surface area (Å²) >= 11 is 0. The Labute approximate surface area is 160 Å². The lowest BCUT2D eigenvalue weighted by Crippen LogP contribution is -2.13. The molecule has 4 rings (SSSR count). The van der Waals surface area contributed by atoms with Gasteiger partial charge in [0.05, 0.1) is 5.69 Å². The number of benzene rings is 4. The fourth-order valence-corrected chi connectivity index (χ4v) is 3.17. The molecule has 0 aromatic heterocycles. The van der Waals surface area contributed by atoms with E-state index in [1.54, 1.807) is 11.9 Å². The molecule has 27 heavy (non-hydrogen) atoms. The minimum Gasteiger partial charge on any atom is -0.377 e. The monoisotopic (exact) mass is 356 g/mol. The van der Waals surface area contributed by atoms with Gasteiger partial charge in [-0.05, 0) is 22.9 Å². The van der Waals surface area contributed by atoms with Crippen LogP contribution in [0.3, 0.4) is 0 Å². The summed E-state index contributed by atoms with van der Waals surface area (Å²) in [5, 5.41) is 4.87. The van der Waals surface area contributed by atoms with Crippen LogP contribution in [0.15, 0.2) is 84.9 Å². The van der Waals surface area contributed by atoms with E-state index in [1.165, 1.54) is 16.5 Å². The topological polar surface area (TPSA) is 23.6 Å². The quantitative estimate of drug-likeness (QED) is 0.463. The van der Waals surface area contributed by atoms with Gasteiger partial charge in [0.1, 0.15) is 0 Å². The highest BCUT2D eigenvalue weighted by Gasteiger charge is 2.03. The Morgan fingerprint density at radius 2 is 1.04 bits per heavy atom. The third-order valence-electron chi connectivity index (χ3n) is 4.55. The van der Waals surface area contributed by atoms with Gasteiger partial charge in [0.2, 0.25) is 6.41 Å². The average Bonchev–Trinajstić information content (AvgIpc) is 2.72. The number of hydrogen-bond donors (Lipinski definition) is 0. The van der Waals surface area contributed by atoms with Crippen LogP contribution in [0.4, 0.5) is 11.4 Å². The van der Waals surface area contributed by atoms with Gasteiger partial charge in [-0.25, -0.2) is 0 Å². The number of carbonyl (C=O) groups excluding carboxylic acids is 1. The molecule has 0 heterocycles. The summed E-state index contributed by atoms with van der Waals surface area (Å²) in [5.41, 5.74) is 2.22. The molecule has 136 valence electrons. The van der Waals surface area contributed by atoms with Crippen LogP contribution in [0.1, 0.15) is 0 Å². The van der Waals surface area contributed by atoms with E-state index in [1.807, 2.05) is 42.5 Å². The van der Waals surface area contributed by atoms with Gasteiger partial charge < -0.3 is 9.80 Å². The summed E-state index contributed by atoms with van der Waals surface area (Å²) in [4.78, 5) is 14.4. The molecule has 0 aliphatic rings. The Kier molecular flexibility index (Phi) is 5.72. The van der Waals surface area contributed by atoms with Crippen molar-refractivity contribution in [2.45, 2.75) is 0 Å². The first-order chi connectivity index (χ1) is 13.1. The van der Waals surface area contributed by atoms with Crippen LogP contribution in [-0.2, 0) is 4.79 Å². The van der Waals surface area contributed by atoms with Gasteiger partial charge in [0.15, 0.2) is 0 Å². The second-order valence-corrected chi connectivity index (χ2v) is 6.61. The highest BCUT2D eigenvalue weighted by Crippen LogP contribution is 2.25. The Balaban J connectivity index is 0.000000156. The first kappa shape index (κ1) is 18.5. The molecule has 0 spiro atoms. The van der Waals surface area contributed by atoms with Crippen molar-refractivity contribution in [2.75, 3.05) is 30.9 Å². The van der Waals surface area contributed by atoms with E-state index in [2.05, 4.69) is 61.5 Å². The van der Waals surface area contributed by atoms with Gasteiger partial charge in [0, 0.05) is 37.6 Å². The number of hydrogen-bond acceptors (Lipinski definition) is 2. The molecule has 0 aliphatic carbocycles. The van der Waals surface area contributed by atoms with Gasteiger partial charge in [-0.15, -0.1) is 0 Å². The molecule has 4 aromatic carbocycles. The maximum atomic E-state index is 10.7. The van der Waals surface area contributed by atoms with E-state index in [0.29, 0.717) is 0 Å². The molecule has 0 saturated carbocycles. The van der Waals surface area contributed by atoms with Gasteiger partial charge in [-0.2, -0.15) is 0 Å². The van der Waals surface area contributed by atoms with E-state index < -0.39 is 0 Å². The fourth-order valence-electron chi connectivity index (χ4n) is 3.17. The first-order valence-electron chi connectivity index (χ1n) is 8.93. The highest BCUT2D eigenvalue weighted by atomic mass is 16.1. The van der Waals surface area contributed by atoms with Crippen LogP contribution in [0.5, 0.6) is 0 Å². The zero-order valence-corrected chi connectivity index (χ0v) is 16.0. The summed E-state index contributed by atoms with van der Waals surface area (Å²) in [5.74, 6) is 0. The number of fused-ring (bicyclic) bond motifs is 2. The van der Waals surface area contributed by atoms with Gasteiger partial charge >= 0.3 is 0 Å². The zero-order chi connectivity index (χ0) is 19.2. The van der Waals surface area contributed by atoms with Gasteiger partial charge in [-0.3, -0.25) is 4.79 Å². The van der Waals surface area contributed by atoms with Crippen molar-refractivity contribution >= 4 is 39.3 Å². The molecule has 1 amide bonds. The SMILES string of the molecule is CN(C)c1cccc2ccccc12.CN(C=O)c1cccc2ccccc12. The predicted molar refractivity (Wildman–Crippen MR) is 117 cm³/mol. The molecular weight excluding hydrogens is 332 g/mol. The van der Waals surface area contributed by atoms with E-state index >= 15 is 0 Å². The molecule has 0 fully saturated rings. The maximum absolute atomic E-state index is 10.7. The van der Waals surface area contributed by atoms with Crippen molar-refractivity contribution in [3.63, 3.8) is 0 Å². The number of carbonyl (C=O) groups is 1. The van der Waals surface area contributed by atoms with Crippen molar-refractivity contribution in [3.8, 4) is 0 Å². The van der Waals surface area contributed by atoms with Crippen molar-refractivity contribution in [1.82, 2.24) is 0 Å². The summed E-state index contributed by atoms with van der Waals surface area (Å²) in [7, 11) is 5.90. The molecule has 0 bridgehead atoms. The van der Waals surface area contributed by atoms with E-state index in [0.717, 1.165) is 22.9 Å². The molecule has 3 nitrogen and oxygen atoms in total. The lowest BCUT2D eigenvalue weighted by molar-refractivity contribution is -0.107. The standard InChI is InChI=1S/C12H11NO.C12H13N/c1-13(9-14)12-8-4-6-10-5-2-3-7-11(10)12;1-13(2)12-9-5-7-10-6-3-4-8-11(10)12/h2-9H,1H3;3-9H,1-2H3. The Bertz CT molecular complexity index is 1050. The summed E-state index contributed by atoms with van der Waals surface area (Å²) in [6.45, 7) is 0. The van der Waals surface area contributed by atoms with Gasteiger partial charge in [0.25, 0.3) is 0 Å². The average molecular weight is 356 g/mol. The molecule has 0 aliphatic heterocycles. The predicted octanol–water partition coefficient (Wildman–Crippen LogP) is 5.34.